The van der Waals surface area contributed by atoms with Crippen molar-refractivity contribution in [2.24, 2.45) is 5.16 Å². The second-order valence-corrected chi connectivity index (χ2v) is 12.0. The van der Waals surface area contributed by atoms with Crippen molar-refractivity contribution in [1.82, 2.24) is 20.2 Å². The summed E-state index contributed by atoms with van der Waals surface area (Å²) in [7, 11) is 0. The molecule has 0 saturated carbocycles. The number of rotatable bonds is 12. The monoisotopic (exact) mass is 638 g/mol. The summed E-state index contributed by atoms with van der Waals surface area (Å²) in [6.45, 7) is 3.79. The van der Waals surface area contributed by atoms with Crippen LogP contribution in [0.25, 0.3) is 0 Å². The molecular formula is C23H28N9O7S3+. The number of β-lactam (4-membered cyclic amide) rings is 1. The summed E-state index contributed by atoms with van der Waals surface area (Å²) in [5, 5.41) is 26.7. The molecule has 2 aliphatic heterocycles. The molecule has 19 heteroatoms. The lowest BCUT2D eigenvalue weighted by molar-refractivity contribution is -0.723. The number of carboxylic acid groups (broad SMARTS) is 2. The molecule has 9 N–H and O–H groups in total. The van der Waals surface area contributed by atoms with E-state index in [1.165, 1.54) is 35.8 Å². The molecule has 4 heterocycles. The number of carbonyl (C=O) groups excluding carboxylic acids is 2. The predicted molar refractivity (Wildman–Crippen MR) is 155 cm³/mol. The second-order valence-electron chi connectivity index (χ2n) is 9.04. The van der Waals surface area contributed by atoms with E-state index in [0.29, 0.717) is 23.1 Å². The summed E-state index contributed by atoms with van der Waals surface area (Å²) in [4.78, 5) is 64.1. The number of aromatic nitrogens is 3. The van der Waals surface area contributed by atoms with Gasteiger partial charge < -0.3 is 37.6 Å². The highest BCUT2D eigenvalue weighted by molar-refractivity contribution is 8.01. The zero-order valence-electron chi connectivity index (χ0n) is 22.3. The normalized spacial score (nSPS) is 19.1. The smallest absolute Gasteiger partial charge is 0.352 e. The molecule has 2 amide bonds. The highest BCUT2D eigenvalue weighted by atomic mass is 32.2. The molecule has 0 spiro atoms. The van der Waals surface area contributed by atoms with Gasteiger partial charge in [-0.1, -0.05) is 17.1 Å². The summed E-state index contributed by atoms with van der Waals surface area (Å²) < 4.78 is 1.79. The Morgan fingerprint density at radius 1 is 1.31 bits per heavy atom. The van der Waals surface area contributed by atoms with Gasteiger partial charge in [0.05, 0.1) is 12.6 Å². The van der Waals surface area contributed by atoms with E-state index in [-0.39, 0.29) is 39.6 Å². The van der Waals surface area contributed by atoms with Gasteiger partial charge in [-0.2, -0.15) is 0 Å². The number of nitrogens with one attached hydrogen (secondary N) is 1. The molecule has 3 atom stereocenters. The van der Waals surface area contributed by atoms with Gasteiger partial charge in [0.15, 0.2) is 10.8 Å². The van der Waals surface area contributed by atoms with Gasteiger partial charge in [0.1, 0.15) is 22.8 Å². The van der Waals surface area contributed by atoms with E-state index in [2.05, 4.69) is 20.4 Å². The lowest BCUT2D eigenvalue weighted by Crippen LogP contribution is -2.71. The molecule has 2 aliphatic rings. The lowest BCUT2D eigenvalue weighted by atomic mass is 10.0. The summed E-state index contributed by atoms with van der Waals surface area (Å²) in [5.74, 6) is -2.96. The van der Waals surface area contributed by atoms with Crippen LogP contribution in [0, 0.1) is 0 Å². The third kappa shape index (κ3) is 6.36. The summed E-state index contributed by atoms with van der Waals surface area (Å²) in [5.41, 5.74) is 17.6. The number of thioether (sulfide) groups is 2. The van der Waals surface area contributed by atoms with Crippen LogP contribution in [0.3, 0.4) is 0 Å². The van der Waals surface area contributed by atoms with Gasteiger partial charge in [0, 0.05) is 16.9 Å². The molecule has 42 heavy (non-hydrogen) atoms. The number of nitrogen functional groups attached to an aromatic ring is 3. The van der Waals surface area contributed by atoms with Crippen LogP contribution >= 0.6 is 34.9 Å². The summed E-state index contributed by atoms with van der Waals surface area (Å²) >= 11 is 3.56. The van der Waals surface area contributed by atoms with Crippen LogP contribution in [0.4, 0.5) is 16.8 Å². The first kappa shape index (κ1) is 30.8. The third-order valence-corrected chi connectivity index (χ3v) is 9.13. The summed E-state index contributed by atoms with van der Waals surface area (Å²) in [6.07, 6.45) is -0.578. The fourth-order valence-corrected chi connectivity index (χ4v) is 7.12. The number of nitrogens with zero attached hydrogens (tertiary/aromatic N) is 5. The highest BCUT2D eigenvalue weighted by Gasteiger charge is 2.54. The van der Waals surface area contributed by atoms with Crippen molar-refractivity contribution in [2.75, 3.05) is 28.7 Å². The molecule has 2 aromatic heterocycles. The lowest BCUT2D eigenvalue weighted by Gasteiger charge is -2.49. The fourth-order valence-electron chi connectivity index (χ4n) is 4.03. The number of oxime groups is 1. The Labute approximate surface area is 251 Å². The number of carboxylic acids is 2. The maximum atomic E-state index is 13.2. The molecule has 4 rings (SSSR count). The summed E-state index contributed by atoms with van der Waals surface area (Å²) in [6, 6.07) is 0.472. The van der Waals surface area contributed by atoms with Crippen LogP contribution < -0.4 is 27.1 Å². The highest BCUT2D eigenvalue weighted by Crippen LogP contribution is 2.41. The van der Waals surface area contributed by atoms with Crippen LogP contribution in [0.5, 0.6) is 0 Å². The number of carbonyl (C=O) groups is 4. The van der Waals surface area contributed by atoms with Crippen LogP contribution in [-0.4, -0.2) is 83.6 Å². The Morgan fingerprint density at radius 2 is 2.05 bits per heavy atom. The number of thiazole rings is 1. The minimum absolute atomic E-state index is 0.0223. The van der Waals surface area contributed by atoms with Crippen molar-refractivity contribution in [3.8, 4) is 0 Å². The molecule has 1 fully saturated rings. The van der Waals surface area contributed by atoms with Gasteiger partial charge in [-0.3, -0.25) is 14.5 Å². The van der Waals surface area contributed by atoms with Gasteiger partial charge in [-0.15, -0.1) is 23.1 Å². The van der Waals surface area contributed by atoms with Crippen molar-refractivity contribution in [1.29, 1.82) is 0 Å². The Morgan fingerprint density at radius 3 is 2.67 bits per heavy atom. The number of amides is 2. The van der Waals surface area contributed by atoms with E-state index >= 15 is 0 Å². The Hall–Kier alpha value is -4.10. The molecule has 0 radical (unpaired) electrons. The minimum atomic E-state index is -1.37. The molecule has 1 saturated heterocycles. The average molecular weight is 639 g/mol. The van der Waals surface area contributed by atoms with E-state index in [0.717, 1.165) is 22.7 Å². The van der Waals surface area contributed by atoms with E-state index < -0.39 is 41.3 Å². The van der Waals surface area contributed by atoms with Crippen LogP contribution in [-0.2, 0) is 30.6 Å². The van der Waals surface area contributed by atoms with Crippen LogP contribution in [0.1, 0.15) is 26.0 Å². The van der Waals surface area contributed by atoms with Crippen molar-refractivity contribution in [2.45, 2.75) is 49.5 Å². The molecule has 2 aromatic rings. The van der Waals surface area contributed by atoms with Gasteiger partial charge in [-0.25, -0.2) is 19.1 Å². The Bertz CT molecular complexity index is 1500. The zero-order valence-corrected chi connectivity index (χ0v) is 24.8. The third-order valence-electron chi connectivity index (χ3n) is 6.05. The van der Waals surface area contributed by atoms with E-state index in [1.807, 2.05) is 6.92 Å². The number of fused-ring (bicyclic) bond motifs is 1. The number of hydrogen-bond donors (Lipinski definition) is 6. The topological polar surface area (TPSA) is 253 Å². The number of hydrogen-bond acceptors (Lipinski definition) is 14. The van der Waals surface area contributed by atoms with E-state index in [9.17, 15) is 24.3 Å². The largest absolute Gasteiger partial charge is 0.478 e. The predicted octanol–water partition coefficient (Wildman–Crippen LogP) is -0.293. The standard InChI is InChI=1S/C23H27N9O7S3/c1-3-4-31-13(25)5-12(24)28-23(31)42-7-10-6-40-19-15(18(34)32(19)16(10)21(37)38)29-17(33)14(11-8-41-22(26)27-11)30-39-9(2)20(35)36/h5,8-9,15,19H,3-4,6-7H2,1-2H3,(H8,24,25,26,27,29,33,35,36,37,38)/p+1/b30-14-/t9?,15?,19-/m1/s1. The number of anilines is 3. The maximum absolute atomic E-state index is 13.2. The van der Waals surface area contributed by atoms with Crippen molar-refractivity contribution < 1.29 is 38.8 Å². The van der Waals surface area contributed by atoms with Crippen molar-refractivity contribution >= 4 is 81.1 Å². The fraction of sp³-hybridized carbons (Fsp3) is 0.391. The van der Waals surface area contributed by atoms with E-state index in [1.54, 1.807) is 10.6 Å². The Kier molecular flexibility index (Phi) is 9.42. The number of nitrogens with two attached hydrogens (primary N) is 3. The molecule has 0 aromatic carbocycles. The van der Waals surface area contributed by atoms with Gasteiger partial charge >= 0.3 is 17.1 Å². The first-order valence-electron chi connectivity index (χ1n) is 12.4. The van der Waals surface area contributed by atoms with Gasteiger partial charge in [0.2, 0.25) is 17.7 Å². The van der Waals surface area contributed by atoms with Gasteiger partial charge in [0.25, 0.3) is 11.8 Å². The first-order valence-corrected chi connectivity index (χ1v) is 15.3. The second kappa shape index (κ2) is 12.8. The number of aliphatic carboxylic acids is 2. The maximum Gasteiger partial charge on any atom is 0.352 e. The molecule has 16 nitrogen and oxygen atoms in total. The molecule has 2 unspecified atom stereocenters. The zero-order chi connectivity index (χ0) is 30.7. The quantitative estimate of drug-likeness (QED) is 0.0436. The first-order chi connectivity index (χ1) is 19.9. The SMILES string of the molecule is CCC[n+]1c(N)cc(N)nc1SCC1=C(C(=O)O)N2C(=O)C(NC(=O)/C(=N\OC(C)C(=O)O)c3csc(N)n3)[C@H]2SC1. The molecule has 224 valence electrons. The molecule has 0 aliphatic carbocycles. The molecular weight excluding hydrogens is 611 g/mol. The minimum Gasteiger partial charge on any atom is -0.478 e. The molecule has 0 bridgehead atoms. The van der Waals surface area contributed by atoms with Crippen LogP contribution in [0.15, 0.2) is 33.0 Å². The van der Waals surface area contributed by atoms with Crippen LogP contribution in [0.2, 0.25) is 0 Å². The van der Waals surface area contributed by atoms with Gasteiger partial charge in [-0.05, 0) is 30.7 Å². The van der Waals surface area contributed by atoms with Crippen molar-refractivity contribution in [3.63, 3.8) is 0 Å². The van der Waals surface area contributed by atoms with E-state index in [4.69, 9.17) is 27.1 Å². The average Bonchev–Trinajstić information content (AvgIpc) is 3.36. The van der Waals surface area contributed by atoms with Crippen molar-refractivity contribution in [3.05, 3.63) is 28.4 Å². The Balaban J connectivity index is 1.52.